The quantitative estimate of drug-likeness (QED) is 0.882. The van der Waals surface area contributed by atoms with Crippen LogP contribution < -0.4 is 14.8 Å². The van der Waals surface area contributed by atoms with Crippen LogP contribution in [0.4, 0.5) is 0 Å². The van der Waals surface area contributed by atoms with Crippen molar-refractivity contribution in [1.82, 2.24) is 5.32 Å². The van der Waals surface area contributed by atoms with Gasteiger partial charge in [-0.3, -0.25) is 0 Å². The molecule has 21 heavy (non-hydrogen) atoms. The number of ether oxygens (including phenoxy) is 3. The van der Waals surface area contributed by atoms with E-state index in [1.807, 2.05) is 6.07 Å². The zero-order valence-corrected chi connectivity index (χ0v) is 14.2. The van der Waals surface area contributed by atoms with Crippen molar-refractivity contribution in [2.45, 2.75) is 32.3 Å². The van der Waals surface area contributed by atoms with Crippen molar-refractivity contribution < 1.29 is 14.2 Å². The van der Waals surface area contributed by atoms with Gasteiger partial charge in [0.25, 0.3) is 0 Å². The third kappa shape index (κ3) is 3.05. The molecule has 0 spiro atoms. The number of hydrogen-bond acceptors (Lipinski definition) is 4. The summed E-state index contributed by atoms with van der Waals surface area (Å²) in [6.45, 7) is 8.28. The lowest BCUT2D eigenvalue weighted by Gasteiger charge is -2.29. The van der Waals surface area contributed by atoms with E-state index in [0.717, 1.165) is 42.1 Å². The van der Waals surface area contributed by atoms with Gasteiger partial charge in [0.15, 0.2) is 11.5 Å². The van der Waals surface area contributed by atoms with Crippen molar-refractivity contribution in [2.24, 2.45) is 0 Å². The van der Waals surface area contributed by atoms with Crippen molar-refractivity contribution >= 4 is 15.9 Å². The van der Waals surface area contributed by atoms with Gasteiger partial charge in [-0.25, -0.2) is 0 Å². The van der Waals surface area contributed by atoms with E-state index in [4.69, 9.17) is 14.2 Å². The summed E-state index contributed by atoms with van der Waals surface area (Å²) in [4.78, 5) is 0. The van der Waals surface area contributed by atoms with E-state index in [9.17, 15) is 0 Å². The van der Waals surface area contributed by atoms with Crippen LogP contribution in [0.2, 0.25) is 0 Å². The van der Waals surface area contributed by atoms with Crippen LogP contribution in [0.25, 0.3) is 0 Å². The summed E-state index contributed by atoms with van der Waals surface area (Å²) in [6.07, 6.45) is 0.975. The normalized spacial score (nSPS) is 22.2. The highest BCUT2D eigenvalue weighted by molar-refractivity contribution is 9.10. The predicted molar refractivity (Wildman–Crippen MR) is 85.4 cm³/mol. The molecule has 1 unspecified atom stereocenters. The number of hydrogen-bond donors (Lipinski definition) is 1. The van der Waals surface area contributed by atoms with E-state index in [1.54, 1.807) is 0 Å². The lowest BCUT2D eigenvalue weighted by Crippen LogP contribution is -2.34. The summed E-state index contributed by atoms with van der Waals surface area (Å²) in [5.41, 5.74) is 2.40. The molecule has 1 atom stereocenters. The summed E-state index contributed by atoms with van der Waals surface area (Å²) in [6, 6.07) is 2.03. The Balaban J connectivity index is 2.11. The molecule has 1 saturated heterocycles. The predicted octanol–water partition coefficient (Wildman–Crippen LogP) is 3.39. The number of halogens is 1. The van der Waals surface area contributed by atoms with Crippen molar-refractivity contribution in [1.29, 1.82) is 0 Å². The molecular weight excluding hydrogens is 334 g/mol. The highest BCUT2D eigenvalue weighted by atomic mass is 79.9. The molecule has 0 amide bonds. The van der Waals surface area contributed by atoms with E-state index in [-0.39, 0.29) is 6.10 Å². The molecule has 1 aromatic carbocycles. The molecule has 3 rings (SSSR count). The maximum absolute atomic E-state index is 6.01. The van der Waals surface area contributed by atoms with Gasteiger partial charge in [-0.2, -0.15) is 0 Å². The first kappa shape index (κ1) is 15.1. The topological polar surface area (TPSA) is 39.7 Å². The summed E-state index contributed by atoms with van der Waals surface area (Å²) < 4.78 is 18.9. The van der Waals surface area contributed by atoms with Gasteiger partial charge in [-0.05, 0) is 12.0 Å². The Labute approximate surface area is 134 Å². The molecule has 1 fully saturated rings. The van der Waals surface area contributed by atoms with E-state index < -0.39 is 0 Å². The number of rotatable bonds is 2. The second-order valence-corrected chi connectivity index (χ2v) is 6.64. The first-order valence-corrected chi connectivity index (χ1v) is 8.42. The standard InChI is InChI=1S/C16H22BrNO3/c1-10(2)14-15(13-9-18-4-7-20-13)11(17)8-12-16(14)21-6-3-5-19-12/h8,10,13,18H,3-7,9H2,1-2H3. The van der Waals surface area contributed by atoms with Gasteiger partial charge in [0.2, 0.25) is 0 Å². The van der Waals surface area contributed by atoms with Crippen molar-refractivity contribution in [3.8, 4) is 11.5 Å². The SMILES string of the molecule is CC(C)c1c2c(cc(Br)c1C1CNCCO1)OCCCO2. The molecular formula is C16H22BrNO3. The van der Waals surface area contributed by atoms with Crippen LogP contribution >= 0.6 is 15.9 Å². The molecule has 4 nitrogen and oxygen atoms in total. The van der Waals surface area contributed by atoms with Crippen molar-refractivity contribution in [3.05, 3.63) is 21.7 Å². The molecule has 0 aromatic heterocycles. The fourth-order valence-corrected chi connectivity index (χ4v) is 3.64. The Morgan fingerprint density at radius 2 is 2.05 bits per heavy atom. The molecule has 0 aliphatic carbocycles. The number of benzene rings is 1. The summed E-state index contributed by atoms with van der Waals surface area (Å²) in [5, 5.41) is 3.40. The number of nitrogens with one attached hydrogen (secondary N) is 1. The van der Waals surface area contributed by atoms with Crippen LogP contribution in [0, 0.1) is 0 Å². The number of fused-ring (bicyclic) bond motifs is 1. The van der Waals surface area contributed by atoms with Gasteiger partial charge < -0.3 is 19.5 Å². The molecule has 1 N–H and O–H groups in total. The van der Waals surface area contributed by atoms with E-state index in [2.05, 4.69) is 35.1 Å². The zero-order chi connectivity index (χ0) is 14.8. The summed E-state index contributed by atoms with van der Waals surface area (Å²) >= 11 is 3.71. The van der Waals surface area contributed by atoms with Crippen LogP contribution in [-0.4, -0.2) is 32.9 Å². The van der Waals surface area contributed by atoms with Crippen molar-refractivity contribution in [3.63, 3.8) is 0 Å². The smallest absolute Gasteiger partial charge is 0.165 e. The number of morpholine rings is 1. The lowest BCUT2D eigenvalue weighted by atomic mass is 9.92. The molecule has 1 aromatic rings. The van der Waals surface area contributed by atoms with Crippen molar-refractivity contribution in [2.75, 3.05) is 32.9 Å². The Morgan fingerprint density at radius 3 is 2.76 bits per heavy atom. The molecule has 2 heterocycles. The van der Waals surface area contributed by atoms with Gasteiger partial charge in [0.1, 0.15) is 0 Å². The highest BCUT2D eigenvalue weighted by Crippen LogP contribution is 2.46. The molecule has 0 radical (unpaired) electrons. The molecule has 0 bridgehead atoms. The van der Waals surface area contributed by atoms with Gasteiger partial charge in [0.05, 0.1) is 25.9 Å². The van der Waals surface area contributed by atoms with Gasteiger partial charge in [0, 0.05) is 35.1 Å². The van der Waals surface area contributed by atoms with Crippen LogP contribution in [-0.2, 0) is 4.74 Å². The average Bonchev–Trinajstić information content (AvgIpc) is 2.71. The fourth-order valence-electron chi connectivity index (χ4n) is 2.96. The van der Waals surface area contributed by atoms with E-state index in [1.165, 1.54) is 11.1 Å². The third-order valence-corrected chi connectivity index (χ3v) is 4.55. The average molecular weight is 356 g/mol. The second kappa shape index (κ2) is 6.55. The van der Waals surface area contributed by atoms with Crippen LogP contribution in [0.1, 0.15) is 43.4 Å². The minimum Gasteiger partial charge on any atom is -0.490 e. The van der Waals surface area contributed by atoms with Gasteiger partial charge in [-0.1, -0.05) is 29.8 Å². The zero-order valence-electron chi connectivity index (χ0n) is 12.6. The fraction of sp³-hybridized carbons (Fsp3) is 0.625. The van der Waals surface area contributed by atoms with E-state index >= 15 is 0 Å². The minimum atomic E-state index is 0.0580. The largest absolute Gasteiger partial charge is 0.490 e. The van der Waals surface area contributed by atoms with Crippen LogP contribution in [0.3, 0.4) is 0 Å². The molecule has 2 aliphatic rings. The summed E-state index contributed by atoms with van der Waals surface area (Å²) in [5.74, 6) is 2.09. The maximum atomic E-state index is 6.01. The van der Waals surface area contributed by atoms with E-state index in [0.29, 0.717) is 19.1 Å². The third-order valence-electron chi connectivity index (χ3n) is 3.89. The monoisotopic (exact) mass is 355 g/mol. The molecule has 116 valence electrons. The van der Waals surface area contributed by atoms with Gasteiger partial charge in [-0.15, -0.1) is 0 Å². The van der Waals surface area contributed by atoms with Crippen LogP contribution in [0.15, 0.2) is 10.5 Å². The Hall–Kier alpha value is -0.780. The highest BCUT2D eigenvalue weighted by Gasteiger charge is 2.29. The Bertz CT molecular complexity index is 513. The Kier molecular flexibility index (Phi) is 4.72. The first-order valence-electron chi connectivity index (χ1n) is 7.62. The first-order chi connectivity index (χ1) is 10.2. The summed E-state index contributed by atoms with van der Waals surface area (Å²) in [7, 11) is 0. The minimum absolute atomic E-state index is 0.0580. The Morgan fingerprint density at radius 1 is 1.24 bits per heavy atom. The molecule has 5 heteroatoms. The molecule has 0 saturated carbocycles. The van der Waals surface area contributed by atoms with Gasteiger partial charge >= 0.3 is 0 Å². The lowest BCUT2D eigenvalue weighted by molar-refractivity contribution is 0.0263. The maximum Gasteiger partial charge on any atom is 0.165 e. The molecule has 2 aliphatic heterocycles. The second-order valence-electron chi connectivity index (χ2n) is 5.78. The van der Waals surface area contributed by atoms with Crippen LogP contribution in [0.5, 0.6) is 11.5 Å².